The summed E-state index contributed by atoms with van der Waals surface area (Å²) in [6.45, 7) is 0. The van der Waals surface area contributed by atoms with Gasteiger partial charge in [-0.05, 0) is 6.26 Å². The van der Waals surface area contributed by atoms with E-state index in [1.54, 1.807) is 6.26 Å². The van der Waals surface area contributed by atoms with Gasteiger partial charge in [0.15, 0.2) is 5.69 Å². The van der Waals surface area contributed by atoms with E-state index >= 15 is 0 Å². The highest BCUT2D eigenvalue weighted by Gasteiger charge is 2.15. The summed E-state index contributed by atoms with van der Waals surface area (Å²) < 4.78 is 4.48. The molecule has 0 fully saturated rings. The molecule has 1 N–H and O–H groups in total. The first-order chi connectivity index (χ1) is 5.65. The Bertz CT molecular complexity index is 319. The van der Waals surface area contributed by atoms with Gasteiger partial charge < -0.3 is 9.63 Å². The first-order valence-electron chi connectivity index (χ1n) is 2.93. The number of carbonyl (C=O) groups is 2. The van der Waals surface area contributed by atoms with Gasteiger partial charge in [-0.1, -0.05) is 16.9 Å². The highest BCUT2D eigenvalue weighted by atomic mass is 32.2. The summed E-state index contributed by atoms with van der Waals surface area (Å²) in [5.74, 6) is -1.25. The van der Waals surface area contributed by atoms with Crippen LogP contribution in [0.2, 0.25) is 0 Å². The van der Waals surface area contributed by atoms with Crippen LogP contribution < -0.4 is 0 Å². The Morgan fingerprint density at radius 1 is 1.67 bits per heavy atom. The fourth-order valence-electron chi connectivity index (χ4n) is 0.573. The Balaban J connectivity index is 2.91. The number of rotatable bonds is 2. The highest BCUT2D eigenvalue weighted by molar-refractivity contribution is 8.13. The molecule has 0 atom stereocenters. The predicted molar refractivity (Wildman–Crippen MR) is 41.3 cm³/mol. The van der Waals surface area contributed by atoms with Gasteiger partial charge in [-0.3, -0.25) is 4.79 Å². The molecular weight excluding hydrogens is 182 g/mol. The number of hydrogen-bond donors (Lipinski definition) is 1. The number of nitrogens with zero attached hydrogens (tertiary/aromatic N) is 1. The molecular formula is C6H5NO4S. The third-order valence-electron chi connectivity index (χ3n) is 1.12. The second-order valence-corrected chi connectivity index (χ2v) is 2.65. The second kappa shape index (κ2) is 3.40. The van der Waals surface area contributed by atoms with Gasteiger partial charge in [0.1, 0.15) is 0 Å². The molecule has 1 aromatic rings. The van der Waals surface area contributed by atoms with Crippen molar-refractivity contribution in [1.29, 1.82) is 0 Å². The number of carboxylic acid groups (broad SMARTS) is 1. The second-order valence-electron chi connectivity index (χ2n) is 1.87. The van der Waals surface area contributed by atoms with Crippen molar-refractivity contribution in [3.8, 4) is 0 Å². The molecule has 0 saturated carbocycles. The lowest BCUT2D eigenvalue weighted by atomic mass is 10.4. The van der Waals surface area contributed by atoms with Crippen LogP contribution in [0.1, 0.15) is 21.0 Å². The molecule has 0 aromatic carbocycles. The zero-order valence-electron chi connectivity index (χ0n) is 6.10. The minimum atomic E-state index is -1.21. The SMILES string of the molecule is CSC(=O)c1cc(C(=O)O)no1. The van der Waals surface area contributed by atoms with Crippen LogP contribution in [0, 0.1) is 0 Å². The van der Waals surface area contributed by atoms with Crippen LogP contribution >= 0.6 is 11.8 Å². The largest absolute Gasteiger partial charge is 0.476 e. The van der Waals surface area contributed by atoms with E-state index in [1.807, 2.05) is 0 Å². The number of hydrogen-bond acceptors (Lipinski definition) is 5. The molecule has 0 radical (unpaired) electrons. The average molecular weight is 187 g/mol. The number of carbonyl (C=O) groups excluding carboxylic acids is 1. The van der Waals surface area contributed by atoms with E-state index in [0.29, 0.717) is 0 Å². The van der Waals surface area contributed by atoms with Gasteiger partial charge >= 0.3 is 5.97 Å². The fraction of sp³-hybridized carbons (Fsp3) is 0.167. The normalized spacial score (nSPS) is 9.75. The maximum atomic E-state index is 10.9. The summed E-state index contributed by atoms with van der Waals surface area (Å²) in [5.41, 5.74) is -0.257. The van der Waals surface area contributed by atoms with Crippen molar-refractivity contribution in [1.82, 2.24) is 5.16 Å². The average Bonchev–Trinajstić information content (AvgIpc) is 2.51. The van der Waals surface area contributed by atoms with E-state index in [0.717, 1.165) is 17.8 Å². The van der Waals surface area contributed by atoms with Crippen LogP contribution in [-0.4, -0.2) is 27.6 Å². The molecule has 6 heteroatoms. The van der Waals surface area contributed by atoms with Gasteiger partial charge in [0, 0.05) is 6.07 Å². The smallest absolute Gasteiger partial charge is 0.358 e. The minimum Gasteiger partial charge on any atom is -0.476 e. The lowest BCUT2D eigenvalue weighted by Gasteiger charge is -1.83. The van der Waals surface area contributed by atoms with Crippen LogP contribution in [0.15, 0.2) is 10.6 Å². The summed E-state index contributed by atoms with van der Waals surface area (Å²) >= 11 is 0.937. The number of carboxylic acids is 1. The van der Waals surface area contributed by atoms with Crippen molar-refractivity contribution in [3.63, 3.8) is 0 Å². The van der Waals surface area contributed by atoms with Crippen LogP contribution in [-0.2, 0) is 0 Å². The summed E-state index contributed by atoms with van der Waals surface area (Å²) in [6.07, 6.45) is 1.57. The standard InChI is InChI=1S/C6H5NO4S/c1-12-6(10)4-2-3(5(8)9)7-11-4/h2H,1H3,(H,8,9). The molecule has 0 aliphatic rings. The molecule has 1 heterocycles. The number of aromatic carboxylic acids is 1. The topological polar surface area (TPSA) is 80.4 Å². The molecule has 64 valence electrons. The van der Waals surface area contributed by atoms with Gasteiger partial charge in [0.2, 0.25) is 5.76 Å². The van der Waals surface area contributed by atoms with E-state index in [9.17, 15) is 9.59 Å². The first-order valence-corrected chi connectivity index (χ1v) is 4.16. The Kier molecular flexibility index (Phi) is 2.49. The monoisotopic (exact) mass is 187 g/mol. The van der Waals surface area contributed by atoms with E-state index in [4.69, 9.17) is 5.11 Å². The maximum Gasteiger partial charge on any atom is 0.358 e. The van der Waals surface area contributed by atoms with Crippen LogP contribution in [0.5, 0.6) is 0 Å². The zero-order valence-corrected chi connectivity index (χ0v) is 6.92. The van der Waals surface area contributed by atoms with Crippen LogP contribution in [0.4, 0.5) is 0 Å². The van der Waals surface area contributed by atoms with E-state index in [-0.39, 0.29) is 16.6 Å². The van der Waals surface area contributed by atoms with Crippen molar-refractivity contribution in [3.05, 3.63) is 17.5 Å². The van der Waals surface area contributed by atoms with E-state index < -0.39 is 5.97 Å². The van der Waals surface area contributed by atoms with Gasteiger partial charge in [-0.15, -0.1) is 0 Å². The first kappa shape index (κ1) is 8.79. The quantitative estimate of drug-likeness (QED) is 0.740. The number of thioether (sulfide) groups is 1. The minimum absolute atomic E-state index is 0.0418. The Morgan fingerprint density at radius 2 is 2.33 bits per heavy atom. The lowest BCUT2D eigenvalue weighted by Crippen LogP contribution is -1.95. The molecule has 1 rings (SSSR count). The molecule has 0 amide bonds. The molecule has 0 aliphatic carbocycles. The van der Waals surface area contributed by atoms with Gasteiger partial charge in [-0.25, -0.2) is 4.79 Å². The van der Waals surface area contributed by atoms with E-state index in [2.05, 4.69) is 9.68 Å². The van der Waals surface area contributed by atoms with Crippen molar-refractivity contribution < 1.29 is 19.2 Å². The summed E-state index contributed by atoms with van der Waals surface area (Å²) in [7, 11) is 0. The van der Waals surface area contributed by atoms with Gasteiger partial charge in [0.05, 0.1) is 0 Å². The lowest BCUT2D eigenvalue weighted by molar-refractivity contribution is 0.0685. The molecule has 0 saturated heterocycles. The van der Waals surface area contributed by atoms with Gasteiger partial charge in [0.25, 0.3) is 5.12 Å². The third-order valence-corrected chi connectivity index (χ3v) is 1.69. The third kappa shape index (κ3) is 1.65. The van der Waals surface area contributed by atoms with Crippen molar-refractivity contribution in [2.45, 2.75) is 0 Å². The predicted octanol–water partition coefficient (Wildman–Crippen LogP) is 0.876. The van der Waals surface area contributed by atoms with Gasteiger partial charge in [-0.2, -0.15) is 0 Å². The highest BCUT2D eigenvalue weighted by Crippen LogP contribution is 2.10. The summed E-state index contributed by atoms with van der Waals surface area (Å²) in [6, 6.07) is 1.10. The van der Waals surface area contributed by atoms with Crippen molar-refractivity contribution in [2.75, 3.05) is 6.26 Å². The Morgan fingerprint density at radius 3 is 2.75 bits per heavy atom. The van der Waals surface area contributed by atoms with E-state index in [1.165, 1.54) is 0 Å². The summed E-state index contributed by atoms with van der Waals surface area (Å²) in [4.78, 5) is 21.2. The maximum absolute atomic E-state index is 10.9. The van der Waals surface area contributed by atoms with Crippen LogP contribution in [0.3, 0.4) is 0 Å². The number of aromatic nitrogens is 1. The molecule has 0 aliphatic heterocycles. The fourth-order valence-corrected chi connectivity index (χ4v) is 0.870. The van der Waals surface area contributed by atoms with Crippen molar-refractivity contribution >= 4 is 22.8 Å². The molecule has 1 aromatic heterocycles. The molecule has 0 unspecified atom stereocenters. The Hall–Kier alpha value is -1.30. The summed E-state index contributed by atoms with van der Waals surface area (Å²) in [5, 5.41) is 11.3. The molecule has 0 spiro atoms. The molecule has 12 heavy (non-hydrogen) atoms. The zero-order chi connectivity index (χ0) is 9.14. The Labute approximate surface area is 71.7 Å². The van der Waals surface area contributed by atoms with Crippen LogP contribution in [0.25, 0.3) is 0 Å². The van der Waals surface area contributed by atoms with Crippen molar-refractivity contribution in [2.24, 2.45) is 0 Å². The molecule has 0 bridgehead atoms. The molecule has 5 nitrogen and oxygen atoms in total.